The Hall–Kier alpha value is -2.64. The predicted molar refractivity (Wildman–Crippen MR) is 112 cm³/mol. The first-order chi connectivity index (χ1) is 13.9. The van der Waals surface area contributed by atoms with Crippen LogP contribution in [0.1, 0.15) is 28.8 Å². The molecule has 0 spiro atoms. The van der Waals surface area contributed by atoms with Crippen molar-refractivity contribution in [2.24, 2.45) is 0 Å². The van der Waals surface area contributed by atoms with Gasteiger partial charge in [0, 0.05) is 32.2 Å². The first-order valence-electron chi connectivity index (χ1n) is 9.60. The first kappa shape index (κ1) is 21.1. The smallest absolute Gasteiger partial charge is 0.253 e. The zero-order chi connectivity index (χ0) is 20.9. The van der Waals surface area contributed by atoms with Gasteiger partial charge >= 0.3 is 0 Å². The Kier molecular flexibility index (Phi) is 6.71. The maximum Gasteiger partial charge on any atom is 0.253 e. The van der Waals surface area contributed by atoms with Crippen LogP contribution in [0.4, 0.5) is 0 Å². The summed E-state index contributed by atoms with van der Waals surface area (Å²) in [5, 5.41) is 0. The number of carbonyl (C=O) groups excluding carboxylic acids is 1. The number of hydrogen-bond donors (Lipinski definition) is 0. The molecule has 7 heteroatoms. The van der Waals surface area contributed by atoms with Crippen molar-refractivity contribution in [3.05, 3.63) is 72.3 Å². The lowest BCUT2D eigenvalue weighted by atomic mass is 10.1. The standard InChI is InChI=1S/C22H26N2O4S/c1-3-16-28-20-10-6-18(7-11-20)17-23(2)22(25)19-8-12-21(13-9-19)29(26,27)24-14-4-5-15-24/h3,6-13H,1,4-5,14-17H2,2H3. The van der Waals surface area contributed by atoms with Gasteiger partial charge in [0.05, 0.1) is 4.90 Å². The van der Waals surface area contributed by atoms with Crippen LogP contribution in [0, 0.1) is 0 Å². The van der Waals surface area contributed by atoms with Crippen molar-refractivity contribution < 1.29 is 17.9 Å². The van der Waals surface area contributed by atoms with Crippen LogP contribution in [0.2, 0.25) is 0 Å². The summed E-state index contributed by atoms with van der Waals surface area (Å²) >= 11 is 0. The topological polar surface area (TPSA) is 66.9 Å². The van der Waals surface area contributed by atoms with Gasteiger partial charge in [-0.1, -0.05) is 24.8 Å². The summed E-state index contributed by atoms with van der Waals surface area (Å²) in [5.74, 6) is 0.583. The van der Waals surface area contributed by atoms with E-state index in [-0.39, 0.29) is 10.8 Å². The molecule has 0 aliphatic carbocycles. The number of nitrogens with zero attached hydrogens (tertiary/aromatic N) is 2. The fourth-order valence-corrected chi connectivity index (χ4v) is 4.78. The molecule has 2 aromatic rings. The summed E-state index contributed by atoms with van der Waals surface area (Å²) in [5.41, 5.74) is 1.43. The largest absolute Gasteiger partial charge is 0.490 e. The van der Waals surface area contributed by atoms with Crippen molar-refractivity contribution in [3.8, 4) is 5.75 Å². The molecule has 1 amide bonds. The minimum absolute atomic E-state index is 0.165. The van der Waals surface area contributed by atoms with Gasteiger partial charge in [0.25, 0.3) is 5.91 Å². The molecule has 0 unspecified atom stereocenters. The van der Waals surface area contributed by atoms with E-state index in [0.29, 0.717) is 31.8 Å². The normalized spacial score (nSPS) is 14.5. The molecule has 1 aliphatic rings. The van der Waals surface area contributed by atoms with Crippen LogP contribution in [0.5, 0.6) is 5.75 Å². The van der Waals surface area contributed by atoms with Crippen molar-refractivity contribution in [3.63, 3.8) is 0 Å². The number of benzene rings is 2. The van der Waals surface area contributed by atoms with E-state index in [1.165, 1.54) is 16.4 Å². The van der Waals surface area contributed by atoms with Gasteiger partial charge in [-0.25, -0.2) is 8.42 Å². The quantitative estimate of drug-likeness (QED) is 0.622. The highest BCUT2D eigenvalue weighted by Crippen LogP contribution is 2.21. The minimum Gasteiger partial charge on any atom is -0.490 e. The van der Waals surface area contributed by atoms with Crippen LogP contribution in [0.15, 0.2) is 66.1 Å². The molecule has 29 heavy (non-hydrogen) atoms. The molecule has 2 aromatic carbocycles. The van der Waals surface area contributed by atoms with Gasteiger partial charge in [0.2, 0.25) is 10.0 Å². The molecule has 1 aliphatic heterocycles. The SMILES string of the molecule is C=CCOc1ccc(CN(C)C(=O)c2ccc(S(=O)(=O)N3CCCC3)cc2)cc1. The van der Waals surface area contributed by atoms with E-state index >= 15 is 0 Å². The van der Waals surface area contributed by atoms with E-state index in [0.717, 1.165) is 24.2 Å². The average molecular weight is 415 g/mol. The van der Waals surface area contributed by atoms with Crippen molar-refractivity contribution in [2.75, 3.05) is 26.7 Å². The second-order valence-corrected chi connectivity index (χ2v) is 8.98. The third-order valence-corrected chi connectivity index (χ3v) is 6.77. The zero-order valence-corrected chi connectivity index (χ0v) is 17.4. The van der Waals surface area contributed by atoms with Crippen LogP contribution in [0.25, 0.3) is 0 Å². The molecule has 0 aromatic heterocycles. The molecule has 6 nitrogen and oxygen atoms in total. The van der Waals surface area contributed by atoms with Crippen LogP contribution >= 0.6 is 0 Å². The number of hydrogen-bond acceptors (Lipinski definition) is 4. The van der Waals surface area contributed by atoms with Crippen LogP contribution in [-0.2, 0) is 16.6 Å². The van der Waals surface area contributed by atoms with E-state index in [4.69, 9.17) is 4.74 Å². The zero-order valence-electron chi connectivity index (χ0n) is 16.6. The highest BCUT2D eigenvalue weighted by atomic mass is 32.2. The fourth-order valence-electron chi connectivity index (χ4n) is 3.26. The average Bonchev–Trinajstić information content (AvgIpc) is 3.28. The van der Waals surface area contributed by atoms with Gasteiger partial charge in [-0.15, -0.1) is 0 Å². The Balaban J connectivity index is 1.64. The van der Waals surface area contributed by atoms with Gasteiger partial charge in [-0.3, -0.25) is 4.79 Å². The lowest BCUT2D eigenvalue weighted by Gasteiger charge is -2.19. The molecule has 0 atom stereocenters. The Labute approximate surface area is 172 Å². The minimum atomic E-state index is -3.47. The molecule has 1 saturated heterocycles. The molecule has 154 valence electrons. The summed E-state index contributed by atoms with van der Waals surface area (Å²) in [6.07, 6.45) is 3.46. The summed E-state index contributed by atoms with van der Waals surface area (Å²) in [6.45, 7) is 5.62. The third kappa shape index (κ3) is 5.05. The highest BCUT2D eigenvalue weighted by Gasteiger charge is 2.27. The predicted octanol–water partition coefficient (Wildman–Crippen LogP) is 3.31. The molecular formula is C22H26N2O4S. The van der Waals surface area contributed by atoms with Crippen LogP contribution in [-0.4, -0.2) is 50.3 Å². The van der Waals surface area contributed by atoms with Crippen LogP contribution < -0.4 is 4.74 Å². The first-order valence-corrected chi connectivity index (χ1v) is 11.0. The number of ether oxygens (including phenoxy) is 1. The summed E-state index contributed by atoms with van der Waals surface area (Å²) < 4.78 is 32.2. The Morgan fingerprint density at radius 1 is 1.10 bits per heavy atom. The summed E-state index contributed by atoms with van der Waals surface area (Å²) in [7, 11) is -1.75. The molecule has 0 radical (unpaired) electrons. The summed E-state index contributed by atoms with van der Waals surface area (Å²) in [4.78, 5) is 14.5. The van der Waals surface area contributed by atoms with E-state index in [1.54, 1.807) is 30.2 Å². The van der Waals surface area contributed by atoms with Crippen molar-refractivity contribution in [1.29, 1.82) is 0 Å². The molecule has 1 heterocycles. The fraction of sp³-hybridized carbons (Fsp3) is 0.318. The van der Waals surface area contributed by atoms with Gasteiger partial charge < -0.3 is 9.64 Å². The Morgan fingerprint density at radius 2 is 1.72 bits per heavy atom. The Bertz CT molecular complexity index is 947. The Morgan fingerprint density at radius 3 is 2.31 bits per heavy atom. The number of carbonyl (C=O) groups is 1. The second kappa shape index (κ2) is 9.24. The van der Waals surface area contributed by atoms with Crippen molar-refractivity contribution in [1.82, 2.24) is 9.21 Å². The number of rotatable bonds is 8. The van der Waals surface area contributed by atoms with Gasteiger partial charge in [0.15, 0.2) is 0 Å². The summed E-state index contributed by atoms with van der Waals surface area (Å²) in [6, 6.07) is 13.7. The van der Waals surface area contributed by atoms with Gasteiger partial charge in [-0.05, 0) is 54.8 Å². The maximum atomic E-state index is 12.7. The second-order valence-electron chi connectivity index (χ2n) is 7.04. The maximum absolute atomic E-state index is 12.7. The number of sulfonamides is 1. The lowest BCUT2D eigenvalue weighted by molar-refractivity contribution is 0.0785. The van der Waals surface area contributed by atoms with E-state index in [9.17, 15) is 13.2 Å². The highest BCUT2D eigenvalue weighted by molar-refractivity contribution is 7.89. The van der Waals surface area contributed by atoms with Crippen LogP contribution in [0.3, 0.4) is 0 Å². The number of amides is 1. The molecule has 3 rings (SSSR count). The van der Waals surface area contributed by atoms with E-state index < -0.39 is 10.0 Å². The third-order valence-electron chi connectivity index (χ3n) is 4.86. The van der Waals surface area contributed by atoms with Gasteiger partial charge in [0.1, 0.15) is 12.4 Å². The molecular weight excluding hydrogens is 388 g/mol. The molecule has 1 fully saturated rings. The van der Waals surface area contributed by atoms with E-state index in [2.05, 4.69) is 6.58 Å². The van der Waals surface area contributed by atoms with Crippen molar-refractivity contribution in [2.45, 2.75) is 24.3 Å². The lowest BCUT2D eigenvalue weighted by Crippen LogP contribution is -2.28. The molecule has 0 N–H and O–H groups in total. The monoisotopic (exact) mass is 414 g/mol. The van der Waals surface area contributed by atoms with Crippen molar-refractivity contribution >= 4 is 15.9 Å². The van der Waals surface area contributed by atoms with E-state index in [1.807, 2.05) is 24.3 Å². The van der Waals surface area contributed by atoms with Gasteiger partial charge in [-0.2, -0.15) is 4.31 Å². The molecule has 0 bridgehead atoms. The molecule has 0 saturated carbocycles.